The Balaban J connectivity index is 1.78. The number of thiazole rings is 1. The van der Waals surface area contributed by atoms with E-state index in [1.807, 2.05) is 0 Å². The highest BCUT2D eigenvalue weighted by Crippen LogP contribution is 2.31. The van der Waals surface area contributed by atoms with E-state index in [1.165, 1.54) is 22.8 Å². The molecule has 2 aromatic carbocycles. The molecule has 0 atom stereocenters. The first-order valence-corrected chi connectivity index (χ1v) is 9.67. The van der Waals surface area contributed by atoms with Crippen LogP contribution in [-0.4, -0.2) is 41.9 Å². The minimum atomic E-state index is -0.411. The number of ether oxygens (including phenoxy) is 3. The molecule has 0 aliphatic heterocycles. The van der Waals surface area contributed by atoms with Crippen molar-refractivity contribution in [2.75, 3.05) is 21.3 Å². The third-order valence-corrected chi connectivity index (χ3v) is 5.48. The Morgan fingerprint density at radius 3 is 2.40 bits per heavy atom. The summed E-state index contributed by atoms with van der Waals surface area (Å²) in [4.78, 5) is 25.1. The van der Waals surface area contributed by atoms with Gasteiger partial charge in [-0.1, -0.05) is 23.5 Å². The summed E-state index contributed by atoms with van der Waals surface area (Å²) in [5.74, 6) is 1.13. The van der Waals surface area contributed by atoms with Gasteiger partial charge in [-0.3, -0.25) is 4.79 Å². The molecular weight excluding hydrogens is 406 g/mol. The maximum Gasteiger partial charge on any atom is 0.337 e. The standard InChI is InChI=1S/C21H17N3O5S/c1-27-15-9-8-14(11-16(15)28-2)18-22-23-21-24(18)19(25)17(30-21)10-12-4-6-13(7-5-12)20(26)29-3/h4-11H,1-3H3. The fourth-order valence-electron chi connectivity index (χ4n) is 3.01. The lowest BCUT2D eigenvalue weighted by atomic mass is 10.1. The molecule has 152 valence electrons. The van der Waals surface area contributed by atoms with E-state index in [9.17, 15) is 9.59 Å². The van der Waals surface area contributed by atoms with Gasteiger partial charge in [0.2, 0.25) is 4.96 Å². The van der Waals surface area contributed by atoms with Crippen LogP contribution in [0.25, 0.3) is 22.4 Å². The SMILES string of the molecule is COC(=O)c1ccc(C=c2sc3nnc(-c4ccc(OC)c(OC)c4)n3c2=O)cc1. The molecule has 0 spiro atoms. The highest BCUT2D eigenvalue weighted by molar-refractivity contribution is 7.15. The molecule has 4 aromatic rings. The van der Waals surface area contributed by atoms with Crippen LogP contribution >= 0.6 is 11.3 Å². The number of benzene rings is 2. The molecule has 0 aliphatic rings. The van der Waals surface area contributed by atoms with Gasteiger partial charge in [-0.25, -0.2) is 9.20 Å². The summed E-state index contributed by atoms with van der Waals surface area (Å²) in [5, 5.41) is 8.31. The molecule has 2 heterocycles. The van der Waals surface area contributed by atoms with E-state index >= 15 is 0 Å². The molecule has 30 heavy (non-hydrogen) atoms. The van der Waals surface area contributed by atoms with Crippen molar-refractivity contribution in [2.24, 2.45) is 0 Å². The molecule has 2 aromatic heterocycles. The monoisotopic (exact) mass is 423 g/mol. The molecule has 0 saturated heterocycles. The van der Waals surface area contributed by atoms with Crippen molar-refractivity contribution in [3.05, 3.63) is 68.5 Å². The van der Waals surface area contributed by atoms with E-state index in [-0.39, 0.29) is 5.56 Å². The van der Waals surface area contributed by atoms with Crippen LogP contribution in [0.4, 0.5) is 0 Å². The van der Waals surface area contributed by atoms with Crippen molar-refractivity contribution >= 4 is 28.3 Å². The van der Waals surface area contributed by atoms with Crippen molar-refractivity contribution in [2.45, 2.75) is 0 Å². The third-order valence-electron chi connectivity index (χ3n) is 4.52. The van der Waals surface area contributed by atoms with Crippen LogP contribution in [0.2, 0.25) is 0 Å². The van der Waals surface area contributed by atoms with Crippen molar-refractivity contribution in [1.82, 2.24) is 14.6 Å². The maximum atomic E-state index is 13.0. The zero-order valence-corrected chi connectivity index (χ0v) is 17.2. The van der Waals surface area contributed by atoms with E-state index in [1.54, 1.807) is 62.8 Å². The average molecular weight is 423 g/mol. The lowest BCUT2D eigenvalue weighted by molar-refractivity contribution is 0.0600. The summed E-state index contributed by atoms with van der Waals surface area (Å²) in [6.45, 7) is 0. The summed E-state index contributed by atoms with van der Waals surface area (Å²) in [6, 6.07) is 12.1. The van der Waals surface area contributed by atoms with Gasteiger partial charge < -0.3 is 14.2 Å². The number of carbonyl (C=O) groups is 1. The Kier molecular flexibility index (Phi) is 5.20. The Bertz CT molecular complexity index is 1340. The van der Waals surface area contributed by atoms with Crippen molar-refractivity contribution in [3.8, 4) is 22.9 Å². The molecule has 0 saturated carbocycles. The van der Waals surface area contributed by atoms with Crippen molar-refractivity contribution in [3.63, 3.8) is 0 Å². The van der Waals surface area contributed by atoms with Gasteiger partial charge in [0, 0.05) is 5.56 Å². The smallest absolute Gasteiger partial charge is 0.337 e. The molecule has 4 rings (SSSR count). The first-order chi connectivity index (χ1) is 14.5. The van der Waals surface area contributed by atoms with Crippen LogP contribution in [0, 0.1) is 0 Å². The highest BCUT2D eigenvalue weighted by atomic mass is 32.1. The number of methoxy groups -OCH3 is 3. The third kappa shape index (κ3) is 3.39. The van der Waals surface area contributed by atoms with Gasteiger partial charge in [-0.05, 0) is 42.0 Å². The second-order valence-electron chi connectivity index (χ2n) is 6.24. The zero-order valence-electron chi connectivity index (χ0n) is 16.4. The van der Waals surface area contributed by atoms with E-state index in [2.05, 4.69) is 10.2 Å². The lowest BCUT2D eigenvalue weighted by Crippen LogP contribution is -2.23. The molecule has 8 nitrogen and oxygen atoms in total. The van der Waals surface area contributed by atoms with E-state index in [4.69, 9.17) is 14.2 Å². The van der Waals surface area contributed by atoms with E-state index in [0.717, 1.165) is 5.56 Å². The first kappa shape index (κ1) is 19.6. The Morgan fingerprint density at radius 2 is 1.73 bits per heavy atom. The van der Waals surface area contributed by atoms with Gasteiger partial charge in [0.1, 0.15) is 0 Å². The van der Waals surface area contributed by atoms with Crippen LogP contribution in [0.1, 0.15) is 15.9 Å². The number of fused-ring (bicyclic) bond motifs is 1. The Labute approximate surface area is 175 Å². The molecule has 0 radical (unpaired) electrons. The number of nitrogens with zero attached hydrogens (tertiary/aromatic N) is 3. The first-order valence-electron chi connectivity index (χ1n) is 8.86. The zero-order chi connectivity index (χ0) is 21.3. The molecule has 0 aliphatic carbocycles. The van der Waals surface area contributed by atoms with Crippen LogP contribution in [0.3, 0.4) is 0 Å². The number of carbonyl (C=O) groups excluding carboxylic acids is 1. The quantitative estimate of drug-likeness (QED) is 0.454. The fourth-order valence-corrected chi connectivity index (χ4v) is 3.92. The van der Waals surface area contributed by atoms with Gasteiger partial charge in [0.05, 0.1) is 31.4 Å². The summed E-state index contributed by atoms with van der Waals surface area (Å²) in [5.41, 5.74) is 1.69. The van der Waals surface area contributed by atoms with Crippen LogP contribution < -0.4 is 19.6 Å². The van der Waals surface area contributed by atoms with Gasteiger partial charge in [0.25, 0.3) is 5.56 Å². The summed E-state index contributed by atoms with van der Waals surface area (Å²) in [6.07, 6.45) is 1.75. The van der Waals surface area contributed by atoms with E-state index in [0.29, 0.717) is 37.9 Å². The van der Waals surface area contributed by atoms with Crippen LogP contribution in [-0.2, 0) is 4.74 Å². The normalized spacial score (nSPS) is 11.6. The van der Waals surface area contributed by atoms with Gasteiger partial charge in [0.15, 0.2) is 17.3 Å². The van der Waals surface area contributed by atoms with Crippen molar-refractivity contribution < 1.29 is 19.0 Å². The minimum absolute atomic E-state index is 0.221. The van der Waals surface area contributed by atoms with Gasteiger partial charge in [-0.15, -0.1) is 10.2 Å². The Morgan fingerprint density at radius 1 is 1.00 bits per heavy atom. The van der Waals surface area contributed by atoms with Crippen LogP contribution in [0.5, 0.6) is 11.5 Å². The second kappa shape index (κ2) is 7.96. The summed E-state index contributed by atoms with van der Waals surface area (Å²) < 4.78 is 17.3. The molecule has 0 bridgehead atoms. The molecule has 9 heteroatoms. The molecule has 0 fully saturated rings. The largest absolute Gasteiger partial charge is 0.493 e. The number of aromatic nitrogens is 3. The topological polar surface area (TPSA) is 92.0 Å². The predicted octanol–water partition coefficient (Wildman–Crippen LogP) is 2.17. The molecule has 0 unspecified atom stereocenters. The van der Waals surface area contributed by atoms with Gasteiger partial charge >= 0.3 is 5.97 Å². The van der Waals surface area contributed by atoms with E-state index < -0.39 is 5.97 Å². The number of hydrogen-bond acceptors (Lipinski definition) is 8. The highest BCUT2D eigenvalue weighted by Gasteiger charge is 2.16. The maximum absolute atomic E-state index is 13.0. The number of hydrogen-bond donors (Lipinski definition) is 0. The number of rotatable bonds is 5. The second-order valence-corrected chi connectivity index (χ2v) is 7.25. The summed E-state index contributed by atoms with van der Waals surface area (Å²) >= 11 is 1.24. The molecule has 0 N–H and O–H groups in total. The average Bonchev–Trinajstić information content (AvgIpc) is 3.33. The summed E-state index contributed by atoms with van der Waals surface area (Å²) in [7, 11) is 4.43. The van der Waals surface area contributed by atoms with Crippen LogP contribution in [0.15, 0.2) is 47.3 Å². The predicted molar refractivity (Wildman–Crippen MR) is 112 cm³/mol. The number of esters is 1. The van der Waals surface area contributed by atoms with Crippen molar-refractivity contribution in [1.29, 1.82) is 0 Å². The lowest BCUT2D eigenvalue weighted by Gasteiger charge is -2.08. The molecule has 0 amide bonds. The Hall–Kier alpha value is -3.72. The minimum Gasteiger partial charge on any atom is -0.493 e. The fraction of sp³-hybridized carbons (Fsp3) is 0.143. The van der Waals surface area contributed by atoms with Gasteiger partial charge in [-0.2, -0.15) is 0 Å². The molecular formula is C21H17N3O5S.